The number of hydrogen-bond acceptors (Lipinski definition) is 4. The number of fused-ring (bicyclic) bond motifs is 1. The SMILES string of the molecule is CC(C)c1cccc(C(C)C)c1Oc1ccc(C(N)=O)c(Cn2nnc3ccccc32)c1. The Kier molecular flexibility index (Phi) is 5.95. The van der Waals surface area contributed by atoms with E-state index in [1.807, 2.05) is 30.3 Å². The van der Waals surface area contributed by atoms with Crippen molar-refractivity contribution < 1.29 is 9.53 Å². The summed E-state index contributed by atoms with van der Waals surface area (Å²) in [7, 11) is 0. The summed E-state index contributed by atoms with van der Waals surface area (Å²) >= 11 is 0. The van der Waals surface area contributed by atoms with Crippen molar-refractivity contribution in [2.75, 3.05) is 0 Å². The monoisotopic (exact) mass is 428 g/mol. The highest BCUT2D eigenvalue weighted by Crippen LogP contribution is 2.38. The molecule has 3 aromatic carbocycles. The van der Waals surface area contributed by atoms with Gasteiger partial charge in [-0.1, -0.05) is 63.2 Å². The quantitative estimate of drug-likeness (QED) is 0.414. The molecule has 0 aliphatic carbocycles. The zero-order valence-corrected chi connectivity index (χ0v) is 18.9. The third-order valence-corrected chi connectivity index (χ3v) is 5.62. The number of rotatable bonds is 7. The number of primary amides is 1. The number of nitrogens with two attached hydrogens (primary N) is 1. The number of carbonyl (C=O) groups is 1. The number of benzene rings is 3. The predicted molar refractivity (Wildman–Crippen MR) is 126 cm³/mol. The number of hydrogen-bond donors (Lipinski definition) is 1. The fourth-order valence-electron chi connectivity index (χ4n) is 3.92. The van der Waals surface area contributed by atoms with Crippen LogP contribution in [0.4, 0.5) is 0 Å². The number of amides is 1. The second-order valence-corrected chi connectivity index (χ2v) is 8.60. The Balaban J connectivity index is 1.76. The van der Waals surface area contributed by atoms with Crippen molar-refractivity contribution >= 4 is 16.9 Å². The van der Waals surface area contributed by atoms with Gasteiger partial charge in [-0.2, -0.15) is 0 Å². The van der Waals surface area contributed by atoms with Crippen LogP contribution >= 0.6 is 0 Å². The van der Waals surface area contributed by atoms with Crippen LogP contribution in [0.15, 0.2) is 60.7 Å². The maximum atomic E-state index is 12.1. The molecule has 164 valence electrons. The molecule has 1 amide bonds. The minimum absolute atomic E-state index is 0.314. The first-order valence-corrected chi connectivity index (χ1v) is 10.9. The maximum Gasteiger partial charge on any atom is 0.249 e. The van der Waals surface area contributed by atoms with Crippen LogP contribution in [0.2, 0.25) is 0 Å². The molecule has 0 fully saturated rings. The Morgan fingerprint density at radius 2 is 1.66 bits per heavy atom. The summed E-state index contributed by atoms with van der Waals surface area (Å²) in [6.45, 7) is 8.99. The summed E-state index contributed by atoms with van der Waals surface area (Å²) in [6.07, 6.45) is 0. The van der Waals surface area contributed by atoms with E-state index < -0.39 is 5.91 Å². The third kappa shape index (κ3) is 4.21. The highest BCUT2D eigenvalue weighted by atomic mass is 16.5. The lowest BCUT2D eigenvalue weighted by atomic mass is 9.94. The van der Waals surface area contributed by atoms with Gasteiger partial charge in [-0.25, -0.2) is 4.68 Å². The average Bonchev–Trinajstić information content (AvgIpc) is 3.16. The molecule has 0 aliphatic rings. The number of ether oxygens (including phenoxy) is 1. The van der Waals surface area contributed by atoms with Crippen molar-refractivity contribution in [3.63, 3.8) is 0 Å². The summed E-state index contributed by atoms with van der Waals surface area (Å²) in [4.78, 5) is 12.1. The Morgan fingerprint density at radius 3 is 2.31 bits per heavy atom. The van der Waals surface area contributed by atoms with E-state index in [9.17, 15) is 4.79 Å². The second-order valence-electron chi connectivity index (χ2n) is 8.60. The van der Waals surface area contributed by atoms with E-state index in [2.05, 4.69) is 56.2 Å². The van der Waals surface area contributed by atoms with E-state index in [0.29, 0.717) is 29.7 Å². The van der Waals surface area contributed by atoms with E-state index >= 15 is 0 Å². The van der Waals surface area contributed by atoms with Gasteiger partial charge in [-0.3, -0.25) is 4.79 Å². The molecule has 4 aromatic rings. The normalized spacial score (nSPS) is 11.4. The topological polar surface area (TPSA) is 83.0 Å². The van der Waals surface area contributed by atoms with E-state index in [1.165, 1.54) is 0 Å². The molecule has 1 heterocycles. The van der Waals surface area contributed by atoms with Crippen LogP contribution in [0.3, 0.4) is 0 Å². The van der Waals surface area contributed by atoms with Crippen molar-refractivity contribution in [3.8, 4) is 11.5 Å². The first kappa shape index (κ1) is 21.6. The fourth-order valence-corrected chi connectivity index (χ4v) is 3.92. The molecule has 0 radical (unpaired) electrons. The fraction of sp³-hybridized carbons (Fsp3) is 0.269. The number of para-hydroxylation sites is 2. The standard InChI is InChI=1S/C26H28N4O2/c1-16(2)20-8-7-9-21(17(3)4)25(20)32-19-12-13-22(26(27)31)18(14-19)15-30-24-11-6-5-10-23(24)28-29-30/h5-14,16-17H,15H2,1-4H3,(H2,27,31). The third-order valence-electron chi connectivity index (χ3n) is 5.62. The van der Waals surface area contributed by atoms with Gasteiger partial charge in [0, 0.05) is 5.56 Å². The number of aromatic nitrogens is 3. The van der Waals surface area contributed by atoms with Gasteiger partial charge < -0.3 is 10.5 Å². The lowest BCUT2D eigenvalue weighted by Gasteiger charge is -2.20. The molecule has 2 N–H and O–H groups in total. The number of carbonyl (C=O) groups excluding carboxylic acids is 1. The molecule has 0 saturated carbocycles. The predicted octanol–water partition coefficient (Wildman–Crippen LogP) is 5.62. The van der Waals surface area contributed by atoms with E-state index in [0.717, 1.165) is 33.5 Å². The van der Waals surface area contributed by atoms with Crippen LogP contribution in [0.1, 0.15) is 66.6 Å². The average molecular weight is 429 g/mol. The minimum Gasteiger partial charge on any atom is -0.457 e. The van der Waals surface area contributed by atoms with Crippen LogP contribution in [0, 0.1) is 0 Å². The van der Waals surface area contributed by atoms with Crippen LogP contribution in [0.5, 0.6) is 11.5 Å². The first-order valence-electron chi connectivity index (χ1n) is 10.9. The van der Waals surface area contributed by atoms with Gasteiger partial charge in [-0.15, -0.1) is 5.10 Å². The molecule has 0 unspecified atom stereocenters. The Morgan fingerprint density at radius 1 is 0.969 bits per heavy atom. The summed E-state index contributed by atoms with van der Waals surface area (Å²) in [5.74, 6) is 1.68. The molecule has 0 spiro atoms. The second kappa shape index (κ2) is 8.83. The van der Waals surface area contributed by atoms with Gasteiger partial charge in [0.2, 0.25) is 5.91 Å². The van der Waals surface area contributed by atoms with Crippen molar-refractivity contribution in [1.82, 2.24) is 15.0 Å². The zero-order valence-electron chi connectivity index (χ0n) is 18.9. The molecule has 0 aliphatic heterocycles. The van der Waals surface area contributed by atoms with E-state index in [1.54, 1.807) is 16.8 Å². The highest BCUT2D eigenvalue weighted by Gasteiger charge is 2.18. The molecule has 6 heteroatoms. The smallest absolute Gasteiger partial charge is 0.249 e. The van der Waals surface area contributed by atoms with Crippen molar-refractivity contribution in [1.29, 1.82) is 0 Å². The van der Waals surface area contributed by atoms with Crippen LogP contribution in [-0.2, 0) is 6.54 Å². The molecule has 0 bridgehead atoms. The van der Waals surface area contributed by atoms with Gasteiger partial charge in [0.05, 0.1) is 12.1 Å². The zero-order chi connectivity index (χ0) is 22.8. The molecule has 0 saturated heterocycles. The molecular weight excluding hydrogens is 400 g/mol. The molecule has 4 rings (SSSR count). The van der Waals surface area contributed by atoms with Crippen molar-refractivity contribution in [3.05, 3.63) is 82.9 Å². The van der Waals surface area contributed by atoms with Crippen LogP contribution in [-0.4, -0.2) is 20.9 Å². The number of nitrogens with zero attached hydrogens (tertiary/aromatic N) is 3. The van der Waals surface area contributed by atoms with E-state index in [4.69, 9.17) is 10.5 Å². The highest BCUT2D eigenvalue weighted by molar-refractivity contribution is 5.94. The van der Waals surface area contributed by atoms with Gasteiger partial charge in [-0.05, 0) is 58.9 Å². The Bertz CT molecular complexity index is 1250. The van der Waals surface area contributed by atoms with Crippen LogP contribution in [0.25, 0.3) is 11.0 Å². The molecule has 6 nitrogen and oxygen atoms in total. The first-order chi connectivity index (χ1) is 15.3. The molecule has 0 atom stereocenters. The van der Waals surface area contributed by atoms with Gasteiger partial charge in [0.1, 0.15) is 17.0 Å². The van der Waals surface area contributed by atoms with Crippen molar-refractivity contribution in [2.24, 2.45) is 5.73 Å². The van der Waals surface area contributed by atoms with E-state index in [-0.39, 0.29) is 0 Å². The molecular formula is C26H28N4O2. The maximum absolute atomic E-state index is 12.1. The molecule has 32 heavy (non-hydrogen) atoms. The Labute approximate surface area is 188 Å². The summed E-state index contributed by atoms with van der Waals surface area (Å²) in [5.41, 5.74) is 10.8. The Hall–Kier alpha value is -3.67. The summed E-state index contributed by atoms with van der Waals surface area (Å²) < 4.78 is 8.21. The minimum atomic E-state index is -0.485. The van der Waals surface area contributed by atoms with Crippen molar-refractivity contribution in [2.45, 2.75) is 46.1 Å². The lowest BCUT2D eigenvalue weighted by molar-refractivity contribution is 0.0999. The summed E-state index contributed by atoms with van der Waals surface area (Å²) in [6, 6.07) is 19.4. The van der Waals surface area contributed by atoms with Gasteiger partial charge in [0.15, 0.2) is 0 Å². The summed E-state index contributed by atoms with van der Waals surface area (Å²) in [5, 5.41) is 8.46. The lowest BCUT2D eigenvalue weighted by Crippen LogP contribution is -2.16. The van der Waals surface area contributed by atoms with Gasteiger partial charge in [0.25, 0.3) is 0 Å². The van der Waals surface area contributed by atoms with Gasteiger partial charge >= 0.3 is 0 Å². The largest absolute Gasteiger partial charge is 0.457 e. The molecule has 1 aromatic heterocycles. The van der Waals surface area contributed by atoms with Crippen LogP contribution < -0.4 is 10.5 Å².